The molecule has 1 aliphatic rings. The van der Waals surface area contributed by atoms with E-state index in [0.717, 1.165) is 19.3 Å². The van der Waals surface area contributed by atoms with Gasteiger partial charge < -0.3 is 9.47 Å². The van der Waals surface area contributed by atoms with Gasteiger partial charge in [-0.15, -0.1) is 0 Å². The summed E-state index contributed by atoms with van der Waals surface area (Å²) in [5, 5.41) is 0. The predicted octanol–water partition coefficient (Wildman–Crippen LogP) is 3.23. The zero-order valence-corrected chi connectivity index (χ0v) is 11.4. The third kappa shape index (κ3) is 3.84. The zero-order chi connectivity index (χ0) is 12.9. The summed E-state index contributed by atoms with van der Waals surface area (Å²) in [5.74, 6) is -0.171. The Morgan fingerprint density at radius 3 is 2.76 bits per heavy atom. The van der Waals surface area contributed by atoms with Crippen LogP contribution in [0.25, 0.3) is 0 Å². The first-order valence-electron chi connectivity index (χ1n) is 6.57. The molecular formula is C14H24O3. The number of ether oxygens (including phenoxy) is 2. The maximum Gasteiger partial charge on any atom is 0.309 e. The lowest BCUT2D eigenvalue weighted by Crippen LogP contribution is -2.40. The molecule has 0 N–H and O–H groups in total. The first kappa shape index (κ1) is 14.2. The van der Waals surface area contributed by atoms with Crippen LogP contribution in [-0.2, 0) is 14.3 Å². The second kappa shape index (κ2) is 6.20. The number of hydrogen-bond donors (Lipinski definition) is 0. The van der Waals surface area contributed by atoms with Crippen molar-refractivity contribution in [3.05, 3.63) is 11.6 Å². The van der Waals surface area contributed by atoms with Gasteiger partial charge in [-0.2, -0.15) is 0 Å². The molecule has 1 rings (SSSR count). The van der Waals surface area contributed by atoms with Gasteiger partial charge in [-0.25, -0.2) is 0 Å². The molecule has 17 heavy (non-hydrogen) atoms. The predicted molar refractivity (Wildman–Crippen MR) is 67.8 cm³/mol. The van der Waals surface area contributed by atoms with Crippen molar-refractivity contribution >= 4 is 5.97 Å². The van der Waals surface area contributed by atoms with E-state index in [4.69, 9.17) is 9.47 Å². The maximum atomic E-state index is 11.6. The standard InChI is InChI=1S/C14H24O3/c1-5-12-8-11(4)9-14(6-2,17-12)10-13(15)16-7-3/h9,12H,5-8,10H2,1-4H3/t12-,14-/m0/s1. The number of carbonyl (C=O) groups is 1. The smallest absolute Gasteiger partial charge is 0.309 e. The van der Waals surface area contributed by atoms with Crippen molar-refractivity contribution in [3.63, 3.8) is 0 Å². The van der Waals surface area contributed by atoms with Crippen molar-refractivity contribution in [1.82, 2.24) is 0 Å². The van der Waals surface area contributed by atoms with Crippen LogP contribution in [-0.4, -0.2) is 24.3 Å². The fourth-order valence-corrected chi connectivity index (χ4v) is 2.36. The van der Waals surface area contributed by atoms with Crippen molar-refractivity contribution in [2.24, 2.45) is 0 Å². The molecule has 1 aliphatic heterocycles. The molecule has 2 atom stereocenters. The summed E-state index contributed by atoms with van der Waals surface area (Å²) in [5.41, 5.74) is 0.865. The molecule has 0 saturated heterocycles. The number of esters is 1. The molecule has 0 aliphatic carbocycles. The van der Waals surface area contributed by atoms with Gasteiger partial charge in [-0.05, 0) is 33.1 Å². The molecule has 0 aromatic carbocycles. The van der Waals surface area contributed by atoms with E-state index >= 15 is 0 Å². The normalized spacial score (nSPS) is 28.7. The topological polar surface area (TPSA) is 35.5 Å². The van der Waals surface area contributed by atoms with Crippen molar-refractivity contribution in [1.29, 1.82) is 0 Å². The van der Waals surface area contributed by atoms with E-state index in [1.807, 2.05) is 6.92 Å². The van der Waals surface area contributed by atoms with Gasteiger partial charge in [0.25, 0.3) is 0 Å². The second-order valence-electron chi connectivity index (χ2n) is 4.74. The van der Waals surface area contributed by atoms with E-state index in [2.05, 4.69) is 26.8 Å². The molecular weight excluding hydrogens is 216 g/mol. The minimum Gasteiger partial charge on any atom is -0.466 e. The second-order valence-corrected chi connectivity index (χ2v) is 4.74. The Morgan fingerprint density at radius 1 is 1.53 bits per heavy atom. The quantitative estimate of drug-likeness (QED) is 0.546. The van der Waals surface area contributed by atoms with Crippen LogP contribution in [0.4, 0.5) is 0 Å². The van der Waals surface area contributed by atoms with Crippen molar-refractivity contribution in [2.75, 3.05) is 6.61 Å². The summed E-state index contributed by atoms with van der Waals surface area (Å²) in [6.45, 7) is 8.54. The Labute approximate surface area is 104 Å². The lowest BCUT2D eigenvalue weighted by atomic mass is 9.88. The van der Waals surface area contributed by atoms with Gasteiger partial charge in [0.2, 0.25) is 0 Å². The van der Waals surface area contributed by atoms with Crippen LogP contribution in [0.3, 0.4) is 0 Å². The van der Waals surface area contributed by atoms with Crippen molar-refractivity contribution in [3.8, 4) is 0 Å². The van der Waals surface area contributed by atoms with Gasteiger partial charge in [-0.3, -0.25) is 4.79 Å². The minimum absolute atomic E-state index is 0.171. The Hall–Kier alpha value is -0.830. The number of carbonyl (C=O) groups excluding carboxylic acids is 1. The van der Waals surface area contributed by atoms with Crippen LogP contribution < -0.4 is 0 Å². The molecule has 0 fully saturated rings. The third-order valence-corrected chi connectivity index (χ3v) is 3.26. The molecule has 0 saturated carbocycles. The summed E-state index contributed by atoms with van der Waals surface area (Å²) in [7, 11) is 0. The van der Waals surface area contributed by atoms with Gasteiger partial charge in [0.05, 0.1) is 24.7 Å². The van der Waals surface area contributed by atoms with Crippen molar-refractivity contribution < 1.29 is 14.3 Å². The van der Waals surface area contributed by atoms with E-state index < -0.39 is 5.60 Å². The zero-order valence-electron chi connectivity index (χ0n) is 11.4. The van der Waals surface area contributed by atoms with Gasteiger partial charge in [0, 0.05) is 0 Å². The fraction of sp³-hybridized carbons (Fsp3) is 0.786. The third-order valence-electron chi connectivity index (χ3n) is 3.26. The molecule has 0 unspecified atom stereocenters. The maximum absolute atomic E-state index is 11.6. The highest BCUT2D eigenvalue weighted by atomic mass is 16.5. The van der Waals surface area contributed by atoms with Crippen molar-refractivity contribution in [2.45, 2.75) is 65.1 Å². The van der Waals surface area contributed by atoms with Crippen LogP contribution in [0.1, 0.15) is 53.4 Å². The summed E-state index contributed by atoms with van der Waals surface area (Å²) in [4.78, 5) is 11.6. The Bertz CT molecular complexity index is 296. The van der Waals surface area contributed by atoms with Crippen LogP contribution in [0.2, 0.25) is 0 Å². The Morgan fingerprint density at radius 2 is 2.24 bits per heavy atom. The first-order valence-corrected chi connectivity index (χ1v) is 6.57. The first-order chi connectivity index (χ1) is 8.05. The molecule has 0 radical (unpaired) electrons. The van der Waals surface area contributed by atoms with Gasteiger partial charge in [0.15, 0.2) is 0 Å². The van der Waals surface area contributed by atoms with Crippen LogP contribution >= 0.6 is 0 Å². The number of hydrogen-bond acceptors (Lipinski definition) is 3. The molecule has 0 bridgehead atoms. The Kier molecular flexibility index (Phi) is 5.19. The van der Waals surface area contributed by atoms with E-state index in [9.17, 15) is 4.79 Å². The van der Waals surface area contributed by atoms with Gasteiger partial charge in [0.1, 0.15) is 0 Å². The summed E-state index contributed by atoms with van der Waals surface area (Å²) in [6, 6.07) is 0. The van der Waals surface area contributed by atoms with Gasteiger partial charge >= 0.3 is 5.97 Å². The summed E-state index contributed by atoms with van der Waals surface area (Å²) >= 11 is 0. The summed E-state index contributed by atoms with van der Waals surface area (Å²) in [6.07, 6.45) is 5.42. The van der Waals surface area contributed by atoms with E-state index in [0.29, 0.717) is 13.0 Å². The molecule has 3 heteroatoms. The minimum atomic E-state index is -0.449. The average molecular weight is 240 g/mol. The molecule has 3 nitrogen and oxygen atoms in total. The lowest BCUT2D eigenvalue weighted by Gasteiger charge is -2.38. The number of rotatable bonds is 5. The Balaban J connectivity index is 2.79. The molecule has 1 heterocycles. The average Bonchev–Trinajstić information content (AvgIpc) is 2.28. The highest BCUT2D eigenvalue weighted by molar-refractivity contribution is 5.71. The monoisotopic (exact) mass is 240 g/mol. The SMILES string of the molecule is CCOC(=O)C[C@]1(CC)C=C(C)C[C@H](CC)O1. The van der Waals surface area contributed by atoms with Gasteiger partial charge in [-0.1, -0.05) is 25.5 Å². The molecule has 0 aromatic heterocycles. The fourth-order valence-electron chi connectivity index (χ4n) is 2.36. The van der Waals surface area contributed by atoms with Crippen LogP contribution in [0.15, 0.2) is 11.6 Å². The van der Waals surface area contributed by atoms with E-state index in [-0.39, 0.29) is 12.1 Å². The molecule has 98 valence electrons. The van der Waals surface area contributed by atoms with E-state index in [1.54, 1.807) is 0 Å². The summed E-state index contributed by atoms with van der Waals surface area (Å²) < 4.78 is 11.1. The van der Waals surface area contributed by atoms with Crippen LogP contribution in [0, 0.1) is 0 Å². The van der Waals surface area contributed by atoms with Crippen LogP contribution in [0.5, 0.6) is 0 Å². The highest BCUT2D eigenvalue weighted by Gasteiger charge is 2.36. The molecule has 0 aromatic rings. The lowest BCUT2D eigenvalue weighted by molar-refractivity contribution is -0.153. The largest absolute Gasteiger partial charge is 0.466 e. The highest BCUT2D eigenvalue weighted by Crippen LogP contribution is 2.34. The molecule has 0 amide bonds. The van der Waals surface area contributed by atoms with E-state index in [1.165, 1.54) is 5.57 Å². The molecule has 0 spiro atoms.